The van der Waals surface area contributed by atoms with Gasteiger partial charge in [0.2, 0.25) is 0 Å². The normalized spacial score (nSPS) is 14.2. The predicted molar refractivity (Wildman–Crippen MR) is 268 cm³/mol. The standard InChI is InChI=1S/C62H39NS/c1-3-19-40(20-4-1)61(50-29-12-7-23-43(50)44-24-8-13-30-51(44)61)56-35-17-28-47-49-39-42(37-38-58(49)64-60(47)56)63(41-21-5-2-6-22-41)57-36-18-34-55-59(57)48-27-11-16-33-54(48)62(55)52-31-14-9-25-45(52)46-26-10-15-32-53(46)62/h1-39H. The molecule has 14 rings (SSSR count). The molecular weight excluding hydrogens is 791 g/mol. The lowest BCUT2D eigenvalue weighted by Crippen LogP contribution is -2.28. The molecule has 1 nitrogen and oxygen atoms in total. The highest BCUT2D eigenvalue weighted by molar-refractivity contribution is 7.26. The van der Waals surface area contributed by atoms with Gasteiger partial charge >= 0.3 is 0 Å². The first-order chi connectivity index (χ1) is 31.8. The van der Waals surface area contributed by atoms with Crippen LogP contribution in [0.15, 0.2) is 237 Å². The van der Waals surface area contributed by atoms with Gasteiger partial charge in [-0.25, -0.2) is 0 Å². The summed E-state index contributed by atoms with van der Waals surface area (Å²) in [6, 6.07) is 88.7. The van der Waals surface area contributed by atoms with Crippen LogP contribution in [0, 0.1) is 0 Å². The van der Waals surface area contributed by atoms with Crippen LogP contribution in [-0.4, -0.2) is 0 Å². The zero-order valence-electron chi connectivity index (χ0n) is 34.9. The van der Waals surface area contributed by atoms with Gasteiger partial charge in [0.1, 0.15) is 0 Å². The summed E-state index contributed by atoms with van der Waals surface area (Å²) in [6.45, 7) is 0. The second kappa shape index (κ2) is 13.4. The summed E-state index contributed by atoms with van der Waals surface area (Å²) in [4.78, 5) is 2.50. The predicted octanol–water partition coefficient (Wildman–Crippen LogP) is 16.2. The Morgan fingerprint density at radius 3 is 1.39 bits per heavy atom. The minimum atomic E-state index is -0.473. The summed E-state index contributed by atoms with van der Waals surface area (Å²) >= 11 is 1.92. The minimum Gasteiger partial charge on any atom is -0.310 e. The van der Waals surface area contributed by atoms with Crippen LogP contribution in [0.1, 0.15) is 44.5 Å². The molecule has 1 spiro atoms. The molecule has 0 aliphatic heterocycles. The molecule has 10 aromatic carbocycles. The lowest BCUT2D eigenvalue weighted by atomic mass is 9.67. The van der Waals surface area contributed by atoms with Crippen molar-refractivity contribution in [3.63, 3.8) is 0 Å². The molecule has 2 heteroatoms. The summed E-state index contributed by atoms with van der Waals surface area (Å²) in [7, 11) is 0. The number of nitrogens with zero attached hydrogens (tertiary/aromatic N) is 1. The van der Waals surface area contributed by atoms with E-state index in [1.165, 1.54) is 104 Å². The van der Waals surface area contributed by atoms with Crippen LogP contribution >= 0.6 is 11.3 Å². The zero-order chi connectivity index (χ0) is 42.0. The lowest BCUT2D eigenvalue weighted by Gasteiger charge is -2.34. The van der Waals surface area contributed by atoms with E-state index in [1.54, 1.807) is 0 Å². The quantitative estimate of drug-likeness (QED) is 0.167. The third-order valence-corrected chi connectivity index (χ3v) is 15.8. The molecule has 0 N–H and O–H groups in total. The van der Waals surface area contributed by atoms with Gasteiger partial charge in [0.05, 0.1) is 16.5 Å². The van der Waals surface area contributed by atoms with E-state index in [4.69, 9.17) is 0 Å². The SMILES string of the molecule is c1ccc(N(c2ccc3sc4c(C5(c6ccccc6)c6ccccc6-c6ccccc65)cccc4c3c2)c2cccc3c2-c2ccccc2C32c3ccccc3-c3ccccc32)cc1. The van der Waals surface area contributed by atoms with Crippen molar-refractivity contribution in [3.8, 4) is 33.4 Å². The van der Waals surface area contributed by atoms with Crippen molar-refractivity contribution >= 4 is 48.6 Å². The second-order valence-corrected chi connectivity index (χ2v) is 18.5. The van der Waals surface area contributed by atoms with Gasteiger partial charge in [-0.3, -0.25) is 0 Å². The fourth-order valence-corrected chi connectivity index (χ4v) is 13.5. The average Bonchev–Trinajstić information content (AvgIpc) is 4.08. The summed E-state index contributed by atoms with van der Waals surface area (Å²) in [6.07, 6.45) is 0. The molecule has 3 aliphatic rings. The molecule has 3 aliphatic carbocycles. The molecule has 0 saturated heterocycles. The van der Waals surface area contributed by atoms with E-state index in [0.717, 1.165) is 11.4 Å². The maximum atomic E-state index is 2.50. The second-order valence-electron chi connectivity index (χ2n) is 17.4. The van der Waals surface area contributed by atoms with E-state index in [2.05, 4.69) is 241 Å². The number of hydrogen-bond acceptors (Lipinski definition) is 2. The Morgan fingerprint density at radius 1 is 0.312 bits per heavy atom. The van der Waals surface area contributed by atoms with Crippen molar-refractivity contribution < 1.29 is 0 Å². The van der Waals surface area contributed by atoms with Crippen LogP contribution < -0.4 is 4.90 Å². The van der Waals surface area contributed by atoms with E-state index in [9.17, 15) is 0 Å². The number of para-hydroxylation sites is 1. The fourth-order valence-electron chi connectivity index (χ4n) is 12.2. The largest absolute Gasteiger partial charge is 0.310 e. The third-order valence-electron chi connectivity index (χ3n) is 14.6. The molecule has 64 heavy (non-hydrogen) atoms. The average molecular weight is 830 g/mol. The first-order valence-electron chi connectivity index (χ1n) is 22.3. The van der Waals surface area contributed by atoms with Crippen LogP contribution in [0.2, 0.25) is 0 Å². The van der Waals surface area contributed by atoms with Crippen molar-refractivity contribution in [2.45, 2.75) is 10.8 Å². The maximum Gasteiger partial charge on any atom is 0.0727 e. The number of hydrogen-bond donors (Lipinski definition) is 0. The van der Waals surface area contributed by atoms with E-state index in [1.807, 2.05) is 11.3 Å². The molecule has 0 saturated carbocycles. The van der Waals surface area contributed by atoms with Gasteiger partial charge in [0.25, 0.3) is 0 Å². The number of anilines is 3. The molecule has 0 amide bonds. The van der Waals surface area contributed by atoms with Crippen LogP contribution in [0.3, 0.4) is 0 Å². The third kappa shape index (κ3) is 4.53. The Morgan fingerprint density at radius 2 is 0.781 bits per heavy atom. The maximum absolute atomic E-state index is 2.50. The van der Waals surface area contributed by atoms with Crippen molar-refractivity contribution in [3.05, 3.63) is 281 Å². The molecule has 11 aromatic rings. The van der Waals surface area contributed by atoms with Gasteiger partial charge < -0.3 is 4.90 Å². The van der Waals surface area contributed by atoms with E-state index < -0.39 is 10.8 Å². The summed E-state index contributed by atoms with van der Waals surface area (Å²) in [5, 5.41) is 2.55. The van der Waals surface area contributed by atoms with Gasteiger partial charge in [0, 0.05) is 37.1 Å². The van der Waals surface area contributed by atoms with Crippen molar-refractivity contribution in [1.29, 1.82) is 0 Å². The van der Waals surface area contributed by atoms with Crippen molar-refractivity contribution in [2.75, 3.05) is 4.90 Å². The Bertz CT molecular complexity index is 3600. The highest BCUT2D eigenvalue weighted by Gasteiger charge is 2.52. The molecule has 1 aromatic heterocycles. The van der Waals surface area contributed by atoms with Crippen LogP contribution in [-0.2, 0) is 10.8 Å². The van der Waals surface area contributed by atoms with Gasteiger partial charge in [-0.1, -0.05) is 200 Å². The van der Waals surface area contributed by atoms with E-state index >= 15 is 0 Å². The first-order valence-corrected chi connectivity index (χ1v) is 23.1. The van der Waals surface area contributed by atoms with Crippen molar-refractivity contribution in [1.82, 2.24) is 0 Å². The zero-order valence-corrected chi connectivity index (χ0v) is 35.7. The molecular formula is C62H39NS. The molecule has 0 radical (unpaired) electrons. The lowest BCUT2D eigenvalue weighted by molar-refractivity contribution is 0.778. The topological polar surface area (TPSA) is 3.24 Å². The number of fused-ring (bicyclic) bond motifs is 16. The van der Waals surface area contributed by atoms with Gasteiger partial charge in [-0.05, 0) is 109 Å². The van der Waals surface area contributed by atoms with E-state index in [0.29, 0.717) is 0 Å². The van der Waals surface area contributed by atoms with Crippen LogP contribution in [0.4, 0.5) is 17.1 Å². The first kappa shape index (κ1) is 35.8. The summed E-state index contributed by atoms with van der Waals surface area (Å²) < 4.78 is 2.61. The van der Waals surface area contributed by atoms with E-state index in [-0.39, 0.29) is 0 Å². The molecule has 0 fully saturated rings. The highest BCUT2D eigenvalue weighted by Crippen LogP contribution is 2.65. The van der Waals surface area contributed by atoms with Crippen LogP contribution in [0.25, 0.3) is 53.6 Å². The number of rotatable bonds is 5. The smallest absolute Gasteiger partial charge is 0.0727 e. The highest BCUT2D eigenvalue weighted by atomic mass is 32.1. The van der Waals surface area contributed by atoms with Crippen LogP contribution in [0.5, 0.6) is 0 Å². The molecule has 0 bridgehead atoms. The molecule has 1 heterocycles. The Kier molecular flexibility index (Phi) is 7.47. The van der Waals surface area contributed by atoms with Gasteiger partial charge in [0.15, 0.2) is 0 Å². The monoisotopic (exact) mass is 829 g/mol. The van der Waals surface area contributed by atoms with Gasteiger partial charge in [-0.15, -0.1) is 11.3 Å². The summed E-state index contributed by atoms with van der Waals surface area (Å²) in [5.74, 6) is 0. The Labute approximate surface area is 376 Å². The number of benzene rings is 10. The fraction of sp³-hybridized carbons (Fsp3) is 0.0323. The Hall–Kier alpha value is -7.78. The van der Waals surface area contributed by atoms with Crippen molar-refractivity contribution in [2.24, 2.45) is 0 Å². The molecule has 0 unspecified atom stereocenters. The Balaban J connectivity index is 1.02. The number of thiophene rings is 1. The molecule has 0 atom stereocenters. The summed E-state index contributed by atoms with van der Waals surface area (Å²) in [5.41, 5.74) is 21.1. The minimum absolute atomic E-state index is 0.423. The molecule has 298 valence electrons. The van der Waals surface area contributed by atoms with Gasteiger partial charge in [-0.2, -0.15) is 0 Å².